The number of amides is 5. The molecule has 2 atom stereocenters. The van der Waals surface area contributed by atoms with Crippen LogP contribution >= 0.6 is 0 Å². The number of nitrogens with two attached hydrogens (primary N) is 2. The number of aromatic nitrogens is 4. The summed E-state index contributed by atoms with van der Waals surface area (Å²) in [5.41, 5.74) is 8.12. The van der Waals surface area contributed by atoms with Gasteiger partial charge in [0.05, 0.1) is 44.9 Å². The fourth-order valence-corrected chi connectivity index (χ4v) is 6.14. The van der Waals surface area contributed by atoms with Crippen molar-refractivity contribution in [2.45, 2.75) is 103 Å². The molecule has 0 saturated carbocycles. The molecule has 5 amide bonds. The molecule has 14 N–H and O–H groups in total. The Labute approximate surface area is 450 Å². The third kappa shape index (κ3) is 45.6. The van der Waals surface area contributed by atoms with Gasteiger partial charge >= 0.3 is 5.97 Å². The summed E-state index contributed by atoms with van der Waals surface area (Å²) in [7, 11) is 5.36. The highest BCUT2D eigenvalue weighted by Gasteiger charge is 2.23. The SMILES string of the molecule is CCCNC(=O)CCC=O.CNCC(=O)NCCCCC(NC(=O)CN(CC=O)Cc1ccc(N)cc1)C(=O)ON.CNCCCCC(C[N+](=O)[O-])NC.O=CCNC(=O)CCC(=O)NCCc1cnc[nH]1.c1c[nH]cn1. The Balaban J connectivity index is 0. The maximum Gasteiger partial charge on any atom is 0.347 e. The summed E-state index contributed by atoms with van der Waals surface area (Å²) in [5, 5.41) is 32.0. The van der Waals surface area contributed by atoms with Crippen LogP contribution in [0.5, 0.6) is 0 Å². The van der Waals surface area contributed by atoms with E-state index in [2.05, 4.69) is 67.3 Å². The van der Waals surface area contributed by atoms with Gasteiger partial charge < -0.3 is 77.5 Å². The van der Waals surface area contributed by atoms with Gasteiger partial charge in [-0.25, -0.2) is 14.8 Å². The number of carbonyl (C=O) groups excluding carboxylic acids is 9. The van der Waals surface area contributed by atoms with E-state index in [1.165, 1.54) is 0 Å². The van der Waals surface area contributed by atoms with Crippen molar-refractivity contribution in [1.82, 2.24) is 67.4 Å². The lowest BCUT2D eigenvalue weighted by molar-refractivity contribution is -0.483. The smallest absolute Gasteiger partial charge is 0.347 e. The number of nitro groups is 1. The third-order valence-electron chi connectivity index (χ3n) is 10.1. The topological polar surface area (TPSA) is 415 Å². The van der Waals surface area contributed by atoms with Gasteiger partial charge in [-0.1, -0.05) is 25.5 Å². The second-order valence-electron chi connectivity index (χ2n) is 16.6. The summed E-state index contributed by atoms with van der Waals surface area (Å²) in [4.78, 5) is 129. The quantitative estimate of drug-likeness (QED) is 0.0109. The number of hydrogen-bond acceptors (Lipinski definition) is 20. The van der Waals surface area contributed by atoms with Crippen molar-refractivity contribution in [3.8, 4) is 0 Å². The first-order valence-electron chi connectivity index (χ1n) is 25.3. The summed E-state index contributed by atoms with van der Waals surface area (Å²) in [6, 6.07) is 6.21. The zero-order valence-electron chi connectivity index (χ0n) is 45.0. The second-order valence-corrected chi connectivity index (χ2v) is 16.6. The number of aromatic amines is 2. The van der Waals surface area contributed by atoms with Gasteiger partial charge in [-0.2, -0.15) is 5.90 Å². The van der Waals surface area contributed by atoms with Crippen molar-refractivity contribution in [2.24, 2.45) is 5.90 Å². The number of unbranched alkanes of at least 4 members (excludes halogenated alkanes) is 2. The number of nitrogen functional groups attached to an aromatic ring is 1. The van der Waals surface area contributed by atoms with E-state index in [-0.39, 0.29) is 80.2 Å². The number of carbonyl (C=O) groups is 9. The van der Waals surface area contributed by atoms with Gasteiger partial charge in [0.15, 0.2) is 0 Å². The Kier molecular flexibility index (Phi) is 47.0. The molecule has 1 aromatic carbocycles. The first kappa shape index (κ1) is 71.5. The molecule has 2 aromatic heterocycles. The van der Waals surface area contributed by atoms with Crippen LogP contribution in [0.2, 0.25) is 0 Å². The van der Waals surface area contributed by atoms with Crippen LogP contribution in [0.4, 0.5) is 5.69 Å². The molecular formula is C49H84N16O12. The van der Waals surface area contributed by atoms with Crippen molar-refractivity contribution in [2.75, 3.05) is 85.8 Å². The van der Waals surface area contributed by atoms with E-state index >= 15 is 0 Å². The van der Waals surface area contributed by atoms with E-state index < -0.39 is 17.9 Å². The molecule has 0 radical (unpaired) electrons. The molecular weight excluding hydrogens is 1000 g/mol. The monoisotopic (exact) mass is 1090 g/mol. The number of imidazole rings is 2. The van der Waals surface area contributed by atoms with Gasteiger partial charge in [0, 0.05) is 93.2 Å². The average molecular weight is 1090 g/mol. The Morgan fingerprint density at radius 3 is 1.99 bits per heavy atom. The normalized spacial score (nSPS) is 10.8. The first-order chi connectivity index (χ1) is 37.1. The van der Waals surface area contributed by atoms with Crippen molar-refractivity contribution in [3.63, 3.8) is 0 Å². The number of likely N-dealkylation sites (N-methyl/N-ethyl adjacent to an activating group) is 2. The minimum atomic E-state index is -0.917. The molecule has 0 spiro atoms. The zero-order chi connectivity index (χ0) is 57.7. The number of rotatable bonds is 36. The molecule has 2 heterocycles. The minimum absolute atomic E-state index is 0.0136. The van der Waals surface area contributed by atoms with Gasteiger partial charge in [-0.3, -0.25) is 39.0 Å². The van der Waals surface area contributed by atoms with Gasteiger partial charge in [-0.15, -0.1) is 0 Å². The number of aldehydes is 3. The lowest BCUT2D eigenvalue weighted by Gasteiger charge is -2.21. The first-order valence-corrected chi connectivity index (χ1v) is 25.3. The lowest BCUT2D eigenvalue weighted by atomic mass is 10.1. The number of hydrogen-bond donors (Lipinski definition) is 12. The summed E-state index contributed by atoms with van der Waals surface area (Å²) in [6.45, 7) is 5.19. The van der Waals surface area contributed by atoms with E-state index in [1.54, 1.807) is 62.4 Å². The average Bonchev–Trinajstić information content (AvgIpc) is 4.19. The molecule has 0 aliphatic carbocycles. The summed E-state index contributed by atoms with van der Waals surface area (Å²) in [5.74, 6) is 3.15. The molecule has 28 nitrogen and oxygen atoms in total. The molecule has 0 aliphatic heterocycles. The molecule has 2 unspecified atom stereocenters. The highest BCUT2D eigenvalue weighted by atomic mass is 16.7. The molecule has 0 fully saturated rings. The van der Waals surface area contributed by atoms with Gasteiger partial charge in [0.25, 0.3) is 0 Å². The van der Waals surface area contributed by atoms with E-state index in [1.807, 2.05) is 26.1 Å². The van der Waals surface area contributed by atoms with E-state index in [4.69, 9.17) is 11.6 Å². The molecule has 3 aromatic rings. The maximum absolute atomic E-state index is 12.5. The zero-order valence-corrected chi connectivity index (χ0v) is 45.0. The van der Waals surface area contributed by atoms with Crippen LogP contribution in [0.25, 0.3) is 0 Å². The van der Waals surface area contributed by atoms with Crippen LogP contribution in [0.1, 0.15) is 88.8 Å². The fraction of sp³-hybridized carbons (Fsp3) is 0.571. The standard InChI is InChI=1S/C20H32N6O5.C11H16N4O3.C8H19N3O2.C7H13NO2.C3H4N2/c1-23-12-18(28)24-9-3-2-4-17(20(30)31-22)25-19(29)14-26(10-11-27)13-15-5-7-16(21)8-6-15;16-6-5-14-11(18)2-1-10(17)13-4-3-9-7-12-8-15-9;1-9-6-4-3-5-8(10-2)7-11(12)13;1-2-5-8-7(10)4-3-6-9;1-2-5-3-4-1/h5-8,11,17,23H,2-4,9-10,12-14,21-22H2,1H3,(H,24,28)(H,25,29);6-8H,1-5H2,(H,12,15)(H,13,17)(H,14,18);8-10H,3-7H2,1-2H3;6H,2-5H2,1H3,(H,8,10);1-3H,(H,4,5). The molecule has 0 saturated heterocycles. The van der Waals surface area contributed by atoms with Gasteiger partial charge in [-0.05, 0) is 83.9 Å². The number of H-pyrrole nitrogens is 2. The summed E-state index contributed by atoms with van der Waals surface area (Å²) >= 11 is 0. The van der Waals surface area contributed by atoms with E-state index in [0.29, 0.717) is 83.0 Å². The molecule has 77 heavy (non-hydrogen) atoms. The summed E-state index contributed by atoms with van der Waals surface area (Å²) in [6.07, 6.45) is 17.3. The van der Waals surface area contributed by atoms with Crippen molar-refractivity contribution in [1.29, 1.82) is 0 Å². The van der Waals surface area contributed by atoms with Gasteiger partial charge in [0.1, 0.15) is 24.9 Å². The largest absolute Gasteiger partial charge is 0.399 e. The number of nitrogens with zero attached hydrogens (tertiary/aromatic N) is 4. The Bertz CT molecular complexity index is 2000. The van der Waals surface area contributed by atoms with Crippen LogP contribution in [0.15, 0.2) is 55.5 Å². The molecule has 28 heteroatoms. The predicted molar refractivity (Wildman–Crippen MR) is 288 cm³/mol. The lowest BCUT2D eigenvalue weighted by Crippen LogP contribution is -2.47. The van der Waals surface area contributed by atoms with E-state index in [9.17, 15) is 53.3 Å². The fourth-order valence-electron chi connectivity index (χ4n) is 6.14. The Morgan fingerprint density at radius 1 is 0.779 bits per heavy atom. The van der Waals surface area contributed by atoms with Crippen LogP contribution in [0.3, 0.4) is 0 Å². The van der Waals surface area contributed by atoms with Crippen molar-refractivity contribution < 1.29 is 52.9 Å². The highest BCUT2D eigenvalue weighted by Crippen LogP contribution is 2.09. The van der Waals surface area contributed by atoms with Crippen LogP contribution in [0, 0.1) is 10.1 Å². The van der Waals surface area contributed by atoms with Crippen LogP contribution < -0.4 is 54.2 Å². The summed E-state index contributed by atoms with van der Waals surface area (Å²) < 4.78 is 0. The maximum atomic E-state index is 12.5. The third-order valence-corrected chi connectivity index (χ3v) is 10.1. The highest BCUT2D eigenvalue weighted by molar-refractivity contribution is 5.86. The number of benzene rings is 1. The number of anilines is 1. The molecule has 432 valence electrons. The molecule has 3 rings (SSSR count). The van der Waals surface area contributed by atoms with Crippen LogP contribution in [-0.4, -0.2) is 176 Å². The van der Waals surface area contributed by atoms with Crippen LogP contribution in [-0.2, 0) is 61.0 Å². The predicted octanol–water partition coefficient (Wildman–Crippen LogP) is -1.02. The van der Waals surface area contributed by atoms with E-state index in [0.717, 1.165) is 49.8 Å². The minimum Gasteiger partial charge on any atom is -0.399 e. The second kappa shape index (κ2) is 50.6. The van der Waals surface area contributed by atoms with Crippen molar-refractivity contribution in [3.05, 3.63) is 76.9 Å². The van der Waals surface area contributed by atoms with Crippen molar-refractivity contribution >= 4 is 60.1 Å². The molecule has 0 aliphatic rings. The Morgan fingerprint density at radius 2 is 1.44 bits per heavy atom. The van der Waals surface area contributed by atoms with Gasteiger partial charge in [0.2, 0.25) is 36.1 Å². The number of nitrogens with one attached hydrogen (secondary N) is 10. The molecule has 0 bridgehead atoms. The Hall–Kier alpha value is -7.53.